The van der Waals surface area contributed by atoms with Gasteiger partial charge >= 0.3 is 0 Å². The lowest BCUT2D eigenvalue weighted by molar-refractivity contribution is -0.125. The quantitative estimate of drug-likeness (QED) is 0.382. The van der Waals surface area contributed by atoms with Crippen LogP contribution in [0.2, 0.25) is 5.02 Å². The number of nitrogens with one attached hydrogen (secondary N) is 2. The van der Waals surface area contributed by atoms with Crippen LogP contribution in [-0.2, 0) is 16.2 Å². The van der Waals surface area contributed by atoms with Gasteiger partial charge in [-0.1, -0.05) is 45.7 Å². The smallest absolute Gasteiger partial charge is 0.243 e. The summed E-state index contributed by atoms with van der Waals surface area (Å²) in [6.45, 7) is 0.614. The highest BCUT2D eigenvalue weighted by atomic mass is 79.9. The third-order valence-corrected chi connectivity index (χ3v) is 6.23. The van der Waals surface area contributed by atoms with Crippen molar-refractivity contribution in [1.29, 1.82) is 0 Å². The Hall–Kier alpha value is -3.23. The highest BCUT2D eigenvalue weighted by Crippen LogP contribution is 2.35. The first-order chi connectivity index (χ1) is 16.4. The molecular weight excluding hydrogens is 522 g/mol. The number of ether oxygens (including phenoxy) is 2. The molecular formula is C25H23BrClN3O4. The van der Waals surface area contributed by atoms with Crippen molar-refractivity contribution in [3.8, 4) is 11.5 Å². The topological polar surface area (TPSA) is 79.9 Å². The number of halogens is 2. The van der Waals surface area contributed by atoms with Crippen LogP contribution in [0.4, 0.5) is 11.4 Å². The second-order valence-electron chi connectivity index (χ2n) is 7.75. The van der Waals surface area contributed by atoms with E-state index in [2.05, 4.69) is 26.8 Å². The minimum Gasteiger partial charge on any atom is -0.493 e. The second kappa shape index (κ2) is 10.8. The molecule has 2 amide bonds. The average Bonchev–Trinajstić information content (AvgIpc) is 3.24. The number of hydrazine groups is 1. The van der Waals surface area contributed by atoms with Gasteiger partial charge in [0.2, 0.25) is 11.8 Å². The van der Waals surface area contributed by atoms with Crippen molar-refractivity contribution in [2.45, 2.75) is 13.0 Å². The van der Waals surface area contributed by atoms with Crippen LogP contribution < -0.4 is 25.2 Å². The number of carbonyl (C=O) groups is 2. The van der Waals surface area contributed by atoms with Crippen molar-refractivity contribution >= 4 is 50.7 Å². The summed E-state index contributed by atoms with van der Waals surface area (Å²) in [6, 6.07) is 20.1. The Bertz CT molecular complexity index is 1170. The van der Waals surface area contributed by atoms with Crippen LogP contribution in [0.15, 0.2) is 71.2 Å². The van der Waals surface area contributed by atoms with Crippen LogP contribution in [0.5, 0.6) is 11.5 Å². The van der Waals surface area contributed by atoms with Gasteiger partial charge in [-0.05, 0) is 54.1 Å². The second-order valence-corrected chi connectivity index (χ2v) is 9.10. The standard InChI is InChI=1S/C25H23BrClN3O4/c1-33-22-4-2-3-21(24(22)34-15-16-5-7-18(26)8-6-16)28-29-25(32)17-13-23(31)30(14-17)20-11-9-19(27)10-12-20/h2-12,17,28H,13-15H2,1H3,(H,29,32)/t17-/m0/s1. The molecule has 0 unspecified atom stereocenters. The van der Waals surface area contributed by atoms with E-state index in [0.29, 0.717) is 41.0 Å². The van der Waals surface area contributed by atoms with Gasteiger partial charge in [-0.2, -0.15) is 0 Å². The Balaban J connectivity index is 1.40. The van der Waals surface area contributed by atoms with E-state index >= 15 is 0 Å². The fourth-order valence-corrected chi connectivity index (χ4v) is 4.04. The van der Waals surface area contributed by atoms with Gasteiger partial charge in [0, 0.05) is 28.1 Å². The van der Waals surface area contributed by atoms with Gasteiger partial charge in [0.05, 0.1) is 18.7 Å². The molecule has 1 aliphatic heterocycles. The van der Waals surface area contributed by atoms with Gasteiger partial charge in [0.1, 0.15) is 6.61 Å². The van der Waals surface area contributed by atoms with E-state index in [0.717, 1.165) is 10.0 Å². The van der Waals surface area contributed by atoms with Crippen molar-refractivity contribution in [2.75, 3.05) is 24.0 Å². The molecule has 1 aliphatic rings. The number of anilines is 2. The first-order valence-corrected chi connectivity index (χ1v) is 11.8. The first kappa shape index (κ1) is 23.9. The van der Waals surface area contributed by atoms with E-state index in [4.69, 9.17) is 21.1 Å². The van der Waals surface area contributed by atoms with Crippen LogP contribution in [0.25, 0.3) is 0 Å². The minimum atomic E-state index is -0.492. The van der Waals surface area contributed by atoms with Crippen molar-refractivity contribution in [1.82, 2.24) is 5.43 Å². The predicted molar refractivity (Wildman–Crippen MR) is 135 cm³/mol. The molecule has 3 aromatic carbocycles. The van der Waals surface area contributed by atoms with Crippen LogP contribution in [0, 0.1) is 5.92 Å². The number of carbonyl (C=O) groups excluding carboxylic acids is 2. The third-order valence-electron chi connectivity index (χ3n) is 5.45. The lowest BCUT2D eigenvalue weighted by Gasteiger charge is -2.19. The molecule has 0 bridgehead atoms. The molecule has 4 rings (SSSR count). The molecule has 7 nitrogen and oxygen atoms in total. The molecule has 1 fully saturated rings. The Morgan fingerprint density at radius 3 is 2.56 bits per heavy atom. The summed E-state index contributed by atoms with van der Waals surface area (Å²) in [4.78, 5) is 26.9. The Labute approximate surface area is 211 Å². The van der Waals surface area contributed by atoms with Crippen LogP contribution in [0.3, 0.4) is 0 Å². The number of hydrogen-bond acceptors (Lipinski definition) is 5. The Morgan fingerprint density at radius 2 is 1.85 bits per heavy atom. The molecule has 1 atom stereocenters. The highest BCUT2D eigenvalue weighted by Gasteiger charge is 2.35. The molecule has 0 radical (unpaired) electrons. The van der Waals surface area contributed by atoms with Crippen molar-refractivity contribution in [3.05, 3.63) is 81.8 Å². The number of nitrogens with zero attached hydrogens (tertiary/aromatic N) is 1. The van der Waals surface area contributed by atoms with Crippen LogP contribution in [0.1, 0.15) is 12.0 Å². The summed E-state index contributed by atoms with van der Waals surface area (Å²) in [5, 5.41) is 0.588. The summed E-state index contributed by atoms with van der Waals surface area (Å²) in [5.74, 6) is 0.113. The molecule has 34 heavy (non-hydrogen) atoms. The number of methoxy groups -OCH3 is 1. The number of amides is 2. The summed E-state index contributed by atoms with van der Waals surface area (Å²) in [6.07, 6.45) is 0.126. The lowest BCUT2D eigenvalue weighted by atomic mass is 10.1. The number of rotatable bonds is 8. The van der Waals surface area contributed by atoms with Crippen LogP contribution in [-0.4, -0.2) is 25.5 Å². The molecule has 176 valence electrons. The zero-order valence-corrected chi connectivity index (χ0v) is 20.7. The van der Waals surface area contributed by atoms with E-state index in [-0.39, 0.29) is 18.2 Å². The number of benzene rings is 3. The lowest BCUT2D eigenvalue weighted by Crippen LogP contribution is -2.36. The van der Waals surface area contributed by atoms with Gasteiger partial charge in [-0.25, -0.2) is 0 Å². The van der Waals surface area contributed by atoms with Crippen molar-refractivity contribution in [3.63, 3.8) is 0 Å². The molecule has 2 N–H and O–H groups in total. The fourth-order valence-electron chi connectivity index (χ4n) is 3.64. The zero-order chi connectivity index (χ0) is 24.1. The molecule has 0 aromatic heterocycles. The van der Waals surface area contributed by atoms with Gasteiger partial charge in [0.15, 0.2) is 11.5 Å². The van der Waals surface area contributed by atoms with Crippen LogP contribution >= 0.6 is 27.5 Å². The van der Waals surface area contributed by atoms with Gasteiger partial charge in [-0.3, -0.25) is 20.4 Å². The molecule has 0 spiro atoms. The van der Waals surface area contributed by atoms with Gasteiger partial charge in [-0.15, -0.1) is 0 Å². The van der Waals surface area contributed by atoms with E-state index in [1.807, 2.05) is 24.3 Å². The Morgan fingerprint density at radius 1 is 1.12 bits per heavy atom. The van der Waals surface area contributed by atoms with E-state index in [1.165, 1.54) is 0 Å². The SMILES string of the molecule is COc1cccc(NNC(=O)[C@H]2CC(=O)N(c3ccc(Cl)cc3)C2)c1OCc1ccc(Br)cc1. The van der Waals surface area contributed by atoms with Gasteiger partial charge < -0.3 is 14.4 Å². The van der Waals surface area contributed by atoms with Crippen molar-refractivity contribution in [2.24, 2.45) is 5.92 Å². The predicted octanol–water partition coefficient (Wildman–Crippen LogP) is 5.19. The highest BCUT2D eigenvalue weighted by molar-refractivity contribution is 9.10. The summed E-state index contributed by atoms with van der Waals surface area (Å²) < 4.78 is 12.4. The maximum atomic E-state index is 12.8. The largest absolute Gasteiger partial charge is 0.493 e. The van der Waals surface area contributed by atoms with E-state index in [9.17, 15) is 9.59 Å². The van der Waals surface area contributed by atoms with Gasteiger partial charge in [0.25, 0.3) is 0 Å². The monoisotopic (exact) mass is 543 g/mol. The fraction of sp³-hybridized carbons (Fsp3) is 0.200. The molecule has 9 heteroatoms. The maximum absolute atomic E-state index is 12.8. The molecule has 1 heterocycles. The molecule has 0 saturated carbocycles. The molecule has 1 saturated heterocycles. The zero-order valence-electron chi connectivity index (χ0n) is 18.4. The molecule has 0 aliphatic carbocycles. The average molecular weight is 545 g/mol. The first-order valence-electron chi connectivity index (χ1n) is 10.6. The van der Waals surface area contributed by atoms with E-state index in [1.54, 1.807) is 54.5 Å². The maximum Gasteiger partial charge on any atom is 0.243 e. The summed E-state index contributed by atoms with van der Waals surface area (Å²) in [5.41, 5.74) is 7.88. The Kier molecular flexibility index (Phi) is 7.59. The van der Waals surface area contributed by atoms with E-state index < -0.39 is 5.92 Å². The third kappa shape index (κ3) is 5.63. The normalized spacial score (nSPS) is 15.2. The minimum absolute atomic E-state index is 0.109. The number of para-hydroxylation sites is 1. The molecule has 3 aromatic rings. The van der Waals surface area contributed by atoms with Crippen molar-refractivity contribution < 1.29 is 19.1 Å². The number of hydrogen-bond donors (Lipinski definition) is 2. The summed E-state index contributed by atoms with van der Waals surface area (Å²) in [7, 11) is 1.56. The summed E-state index contributed by atoms with van der Waals surface area (Å²) >= 11 is 9.36.